The van der Waals surface area contributed by atoms with Gasteiger partial charge in [-0.25, -0.2) is 4.39 Å². The number of phenols is 1. The number of carbonyl (C=O) groups is 1. The van der Waals surface area contributed by atoms with Crippen molar-refractivity contribution in [3.05, 3.63) is 77.6 Å². The van der Waals surface area contributed by atoms with Crippen molar-refractivity contribution in [2.24, 2.45) is 22.7 Å². The summed E-state index contributed by atoms with van der Waals surface area (Å²) in [5.41, 5.74) is 4.55. The topological polar surface area (TPSA) is 68.1 Å². The molecule has 1 heterocycles. The summed E-state index contributed by atoms with van der Waals surface area (Å²) in [6.07, 6.45) is 12.1. The van der Waals surface area contributed by atoms with Gasteiger partial charge in [-0.05, 0) is 78.6 Å². The third-order valence-corrected chi connectivity index (χ3v) is 9.34. The molecule has 2 aliphatic rings. The average Bonchev–Trinajstić information content (AvgIpc) is 3.25. The van der Waals surface area contributed by atoms with Gasteiger partial charge in [-0.3, -0.25) is 9.79 Å². The van der Waals surface area contributed by atoms with Crippen molar-refractivity contribution in [2.75, 3.05) is 20.8 Å². The lowest BCUT2D eigenvalue weighted by atomic mass is 9.80. The Balaban J connectivity index is 1.44. The van der Waals surface area contributed by atoms with Crippen LogP contribution in [-0.4, -0.2) is 37.4 Å². The molecule has 0 amide bonds. The largest absolute Gasteiger partial charge is 0.505 e. The van der Waals surface area contributed by atoms with Crippen molar-refractivity contribution < 1.29 is 23.8 Å². The van der Waals surface area contributed by atoms with Crippen LogP contribution >= 0.6 is 0 Å². The van der Waals surface area contributed by atoms with Crippen LogP contribution in [0.2, 0.25) is 0 Å². The van der Waals surface area contributed by atoms with Crippen molar-refractivity contribution in [2.45, 2.75) is 70.6 Å². The van der Waals surface area contributed by atoms with Gasteiger partial charge in [-0.2, -0.15) is 0 Å². The number of Topliss-reactive ketones (excluding diaryl/α,β-unsaturated/α-hetero) is 1. The first-order valence-electron chi connectivity index (χ1n) is 15.8. The van der Waals surface area contributed by atoms with Gasteiger partial charge in [0.25, 0.3) is 0 Å². The molecule has 1 N–H and O–H groups in total. The van der Waals surface area contributed by atoms with Gasteiger partial charge in [0.05, 0.1) is 18.5 Å². The third kappa shape index (κ3) is 7.72. The number of hydrogen-bond acceptors (Lipinski definition) is 5. The molecule has 1 aliphatic heterocycles. The van der Waals surface area contributed by atoms with Crippen molar-refractivity contribution >= 4 is 17.2 Å². The number of nitrogens with zero attached hydrogens (tertiary/aromatic N) is 1. The van der Waals surface area contributed by atoms with Crippen LogP contribution in [0.1, 0.15) is 86.6 Å². The predicted octanol–water partition coefficient (Wildman–Crippen LogP) is 9.32. The molecule has 1 aliphatic carbocycles. The maximum atomic E-state index is 13.7. The van der Waals surface area contributed by atoms with E-state index in [9.17, 15) is 14.3 Å². The Bertz CT molecular complexity index is 1430. The number of hydrogen-bond donors (Lipinski definition) is 1. The van der Waals surface area contributed by atoms with E-state index in [-0.39, 0.29) is 11.7 Å². The molecule has 3 atom stereocenters. The number of benzene rings is 3. The Morgan fingerprint density at radius 2 is 1.65 bits per heavy atom. The van der Waals surface area contributed by atoms with Crippen LogP contribution in [-0.2, 0) is 4.74 Å². The fourth-order valence-electron chi connectivity index (χ4n) is 6.95. The second kappa shape index (κ2) is 14.8. The number of ketones is 1. The van der Waals surface area contributed by atoms with Crippen LogP contribution in [0.15, 0.2) is 65.7 Å². The number of methoxy groups -OCH3 is 2. The molecule has 0 radical (unpaired) electrons. The van der Waals surface area contributed by atoms with Gasteiger partial charge in [0.2, 0.25) is 0 Å². The number of halogens is 1. The molecule has 3 aromatic rings. The summed E-state index contributed by atoms with van der Waals surface area (Å²) < 4.78 is 24.7. The lowest BCUT2D eigenvalue weighted by Crippen LogP contribution is -2.23. The number of ether oxygens (including phenoxy) is 2. The normalized spacial score (nSPS) is 20.9. The zero-order valence-corrected chi connectivity index (χ0v) is 25.5. The molecule has 228 valence electrons. The monoisotopic (exact) mass is 585 g/mol. The molecule has 0 saturated heterocycles. The number of phenolic OH excluding ortho intramolecular Hbond substituents is 1. The SMILES string of the molecule is COCCCCC1CCCC(CC2CCC(=O)c3cc(-c4ccc(F)c(O)c4)ccc3N=C2c2ccccc2OC)CC1. The highest BCUT2D eigenvalue weighted by Gasteiger charge is 2.29. The van der Waals surface area contributed by atoms with Gasteiger partial charge in [-0.1, -0.05) is 69.2 Å². The number of para-hydroxylation sites is 1. The van der Waals surface area contributed by atoms with Crippen molar-refractivity contribution in [1.29, 1.82) is 0 Å². The summed E-state index contributed by atoms with van der Waals surface area (Å²) in [6.45, 7) is 0.848. The Morgan fingerprint density at radius 3 is 2.47 bits per heavy atom. The number of aliphatic imine (C=N–C) groups is 1. The van der Waals surface area contributed by atoms with Crippen LogP contribution in [0.4, 0.5) is 10.1 Å². The number of unbranched alkanes of at least 4 members (excludes halogenated alkanes) is 1. The number of rotatable bonds is 10. The van der Waals surface area contributed by atoms with E-state index in [1.807, 2.05) is 36.4 Å². The maximum Gasteiger partial charge on any atom is 0.165 e. The second-order valence-electron chi connectivity index (χ2n) is 12.2. The average molecular weight is 586 g/mol. The molecular weight excluding hydrogens is 541 g/mol. The Labute approximate surface area is 255 Å². The fraction of sp³-hybridized carbons (Fsp3) is 0.459. The highest BCUT2D eigenvalue weighted by Crippen LogP contribution is 2.39. The molecule has 0 aromatic heterocycles. The Hall–Kier alpha value is -3.51. The molecule has 43 heavy (non-hydrogen) atoms. The van der Waals surface area contributed by atoms with E-state index in [2.05, 4.69) is 6.07 Å². The minimum Gasteiger partial charge on any atom is -0.505 e. The minimum atomic E-state index is -0.672. The van der Waals surface area contributed by atoms with Crippen LogP contribution in [0.5, 0.6) is 11.5 Å². The zero-order chi connectivity index (χ0) is 30.2. The van der Waals surface area contributed by atoms with E-state index in [0.29, 0.717) is 29.2 Å². The molecule has 1 fully saturated rings. The smallest absolute Gasteiger partial charge is 0.165 e. The van der Waals surface area contributed by atoms with Gasteiger partial charge < -0.3 is 14.6 Å². The molecule has 6 heteroatoms. The lowest BCUT2D eigenvalue weighted by Gasteiger charge is -2.27. The van der Waals surface area contributed by atoms with Gasteiger partial charge in [0.1, 0.15) is 5.75 Å². The quantitative estimate of drug-likeness (QED) is 0.190. The number of aromatic hydroxyl groups is 1. The molecule has 5 rings (SSSR count). The molecule has 5 nitrogen and oxygen atoms in total. The zero-order valence-electron chi connectivity index (χ0n) is 25.5. The number of carbonyl (C=O) groups excluding carboxylic acids is 1. The molecular formula is C37H44FNO4. The van der Waals surface area contributed by atoms with Crippen molar-refractivity contribution in [3.8, 4) is 22.6 Å². The predicted molar refractivity (Wildman–Crippen MR) is 170 cm³/mol. The van der Waals surface area contributed by atoms with Gasteiger partial charge in [0.15, 0.2) is 17.3 Å². The highest BCUT2D eigenvalue weighted by atomic mass is 19.1. The highest BCUT2D eigenvalue weighted by molar-refractivity contribution is 6.10. The summed E-state index contributed by atoms with van der Waals surface area (Å²) in [4.78, 5) is 18.8. The first-order valence-corrected chi connectivity index (χ1v) is 15.8. The summed E-state index contributed by atoms with van der Waals surface area (Å²) >= 11 is 0. The molecule has 3 unspecified atom stereocenters. The Kier molecular flexibility index (Phi) is 10.6. The second-order valence-corrected chi connectivity index (χ2v) is 12.2. The van der Waals surface area contributed by atoms with E-state index in [1.54, 1.807) is 20.3 Å². The van der Waals surface area contributed by atoms with E-state index in [1.165, 1.54) is 57.1 Å². The van der Waals surface area contributed by atoms with Crippen LogP contribution in [0.3, 0.4) is 0 Å². The molecule has 0 bridgehead atoms. The van der Waals surface area contributed by atoms with Gasteiger partial charge >= 0.3 is 0 Å². The van der Waals surface area contributed by atoms with Gasteiger partial charge in [0, 0.05) is 37.2 Å². The minimum absolute atomic E-state index is 0.0630. The van der Waals surface area contributed by atoms with Crippen molar-refractivity contribution in [1.82, 2.24) is 0 Å². The Morgan fingerprint density at radius 1 is 0.884 bits per heavy atom. The first-order chi connectivity index (χ1) is 21.0. The van der Waals surface area contributed by atoms with Crippen LogP contribution < -0.4 is 4.74 Å². The summed E-state index contributed by atoms with van der Waals surface area (Å²) in [6, 6.07) is 17.9. The summed E-state index contributed by atoms with van der Waals surface area (Å²) in [5, 5.41) is 9.92. The van der Waals surface area contributed by atoms with Crippen LogP contribution in [0.25, 0.3) is 11.1 Å². The molecule has 3 aromatic carbocycles. The fourth-order valence-corrected chi connectivity index (χ4v) is 6.95. The molecule has 0 spiro atoms. The van der Waals surface area contributed by atoms with E-state index in [4.69, 9.17) is 14.5 Å². The summed E-state index contributed by atoms with van der Waals surface area (Å²) in [5.74, 6) is 1.32. The standard InChI is InChI=1S/C37H44FNO4/c1-42-21-6-5-8-25-9-7-10-26(14-13-25)22-29-17-20-34(40)31-23-27(28-15-18-32(38)35(41)24-28)16-19-33(31)39-37(29)30-11-3-4-12-36(30)43-2/h3-4,11-12,15-16,18-19,23-26,29,41H,5-10,13-14,17,20-22H2,1-2H3. The summed E-state index contributed by atoms with van der Waals surface area (Å²) in [7, 11) is 3.47. The lowest BCUT2D eigenvalue weighted by molar-refractivity contribution is 0.0975. The first kappa shape index (κ1) is 30.9. The van der Waals surface area contributed by atoms with E-state index in [0.717, 1.165) is 54.4 Å². The maximum absolute atomic E-state index is 13.7. The van der Waals surface area contributed by atoms with Crippen molar-refractivity contribution in [3.63, 3.8) is 0 Å². The number of fused-ring (bicyclic) bond motifs is 1. The molecule has 1 saturated carbocycles. The van der Waals surface area contributed by atoms with E-state index >= 15 is 0 Å². The van der Waals surface area contributed by atoms with Gasteiger partial charge in [-0.15, -0.1) is 0 Å². The third-order valence-electron chi connectivity index (χ3n) is 9.34. The van der Waals surface area contributed by atoms with E-state index < -0.39 is 11.6 Å². The van der Waals surface area contributed by atoms with Crippen LogP contribution in [0, 0.1) is 23.6 Å².